The largest absolute Gasteiger partial charge is 0.384 e. The van der Waals surface area contributed by atoms with E-state index in [9.17, 15) is 14.0 Å². The van der Waals surface area contributed by atoms with Gasteiger partial charge in [-0.1, -0.05) is 18.6 Å². The molecule has 0 radical (unpaired) electrons. The Morgan fingerprint density at radius 2 is 2.08 bits per heavy atom. The number of ether oxygens (including phenoxy) is 1. The van der Waals surface area contributed by atoms with Gasteiger partial charge in [0, 0.05) is 26.6 Å². The van der Waals surface area contributed by atoms with E-state index in [0.717, 1.165) is 24.8 Å². The number of hydrogen-bond donors (Lipinski definition) is 1. The third kappa shape index (κ3) is 4.00. The molecule has 0 bridgehead atoms. The van der Waals surface area contributed by atoms with E-state index in [2.05, 4.69) is 5.32 Å². The summed E-state index contributed by atoms with van der Waals surface area (Å²) in [4.78, 5) is 26.5. The second-order valence-electron chi connectivity index (χ2n) is 7.16. The maximum Gasteiger partial charge on any atom is 0.228 e. The molecule has 25 heavy (non-hydrogen) atoms. The standard InChI is InChI=1S/C19H25FN2O3/c1-25-13-19(8-2-9-19)18(24)21-16-11-17(23)22(12-16)10-7-14-3-5-15(20)6-4-14/h3-6,16H,2,7-13H2,1H3,(H,21,24)/t16-/m1/s1. The summed E-state index contributed by atoms with van der Waals surface area (Å²) in [5.41, 5.74) is 0.592. The highest BCUT2D eigenvalue weighted by atomic mass is 19.1. The predicted molar refractivity (Wildman–Crippen MR) is 91.4 cm³/mol. The lowest BCUT2D eigenvalue weighted by molar-refractivity contribution is -0.141. The highest BCUT2D eigenvalue weighted by Gasteiger charge is 2.45. The van der Waals surface area contributed by atoms with Crippen LogP contribution >= 0.6 is 0 Å². The lowest BCUT2D eigenvalue weighted by Gasteiger charge is -2.40. The summed E-state index contributed by atoms with van der Waals surface area (Å²) in [6.07, 6.45) is 3.77. The Labute approximate surface area is 147 Å². The minimum atomic E-state index is -0.403. The summed E-state index contributed by atoms with van der Waals surface area (Å²) < 4.78 is 18.1. The van der Waals surface area contributed by atoms with Gasteiger partial charge < -0.3 is 15.0 Å². The van der Waals surface area contributed by atoms with Crippen LogP contribution in [-0.2, 0) is 20.7 Å². The fourth-order valence-corrected chi connectivity index (χ4v) is 3.66. The van der Waals surface area contributed by atoms with Crippen molar-refractivity contribution in [1.29, 1.82) is 0 Å². The third-order valence-electron chi connectivity index (χ3n) is 5.35. The topological polar surface area (TPSA) is 58.6 Å². The van der Waals surface area contributed by atoms with Crippen LogP contribution in [0.4, 0.5) is 4.39 Å². The van der Waals surface area contributed by atoms with Gasteiger partial charge >= 0.3 is 0 Å². The van der Waals surface area contributed by atoms with Crippen molar-refractivity contribution in [2.45, 2.75) is 38.1 Å². The van der Waals surface area contributed by atoms with Gasteiger partial charge in [0.25, 0.3) is 0 Å². The highest BCUT2D eigenvalue weighted by molar-refractivity contribution is 5.86. The Hall–Kier alpha value is -1.95. The molecule has 1 N–H and O–H groups in total. The van der Waals surface area contributed by atoms with Crippen molar-refractivity contribution in [3.8, 4) is 0 Å². The van der Waals surface area contributed by atoms with Crippen molar-refractivity contribution in [3.05, 3.63) is 35.6 Å². The van der Waals surface area contributed by atoms with Crippen LogP contribution in [0.3, 0.4) is 0 Å². The molecule has 136 valence electrons. The van der Waals surface area contributed by atoms with Gasteiger partial charge in [-0.2, -0.15) is 0 Å². The van der Waals surface area contributed by atoms with Crippen molar-refractivity contribution < 1.29 is 18.7 Å². The summed E-state index contributed by atoms with van der Waals surface area (Å²) in [7, 11) is 1.61. The van der Waals surface area contributed by atoms with Crippen LogP contribution in [-0.4, -0.2) is 49.6 Å². The molecule has 1 aliphatic heterocycles. The van der Waals surface area contributed by atoms with Crippen molar-refractivity contribution in [3.63, 3.8) is 0 Å². The van der Waals surface area contributed by atoms with Crippen LogP contribution in [0, 0.1) is 11.2 Å². The number of likely N-dealkylation sites (tertiary alicyclic amines) is 1. The van der Waals surface area contributed by atoms with Crippen molar-refractivity contribution in [2.75, 3.05) is 26.8 Å². The molecule has 0 spiro atoms. The van der Waals surface area contributed by atoms with Crippen molar-refractivity contribution in [2.24, 2.45) is 5.41 Å². The fraction of sp³-hybridized carbons (Fsp3) is 0.579. The lowest BCUT2D eigenvalue weighted by Crippen LogP contribution is -2.52. The first kappa shape index (κ1) is 17.9. The number of nitrogens with one attached hydrogen (secondary N) is 1. The van der Waals surface area contributed by atoms with E-state index in [0.29, 0.717) is 32.5 Å². The molecule has 2 amide bonds. The van der Waals surface area contributed by atoms with E-state index in [1.165, 1.54) is 12.1 Å². The molecule has 2 fully saturated rings. The zero-order chi connectivity index (χ0) is 17.9. The molecule has 1 saturated heterocycles. The molecule has 1 aromatic carbocycles. The van der Waals surface area contributed by atoms with Crippen LogP contribution in [0.25, 0.3) is 0 Å². The van der Waals surface area contributed by atoms with E-state index in [1.807, 2.05) is 0 Å². The van der Waals surface area contributed by atoms with Gasteiger partial charge in [-0.25, -0.2) is 4.39 Å². The van der Waals surface area contributed by atoms with Gasteiger partial charge in [0.15, 0.2) is 0 Å². The minimum Gasteiger partial charge on any atom is -0.384 e. The molecule has 1 aliphatic carbocycles. The summed E-state index contributed by atoms with van der Waals surface area (Å²) in [5, 5.41) is 3.04. The normalized spacial score (nSPS) is 21.9. The van der Waals surface area contributed by atoms with Gasteiger partial charge in [0.05, 0.1) is 18.1 Å². The van der Waals surface area contributed by atoms with E-state index in [1.54, 1.807) is 24.1 Å². The van der Waals surface area contributed by atoms with Crippen LogP contribution in [0.2, 0.25) is 0 Å². The summed E-state index contributed by atoms with van der Waals surface area (Å²) >= 11 is 0. The molecule has 1 aromatic rings. The molecule has 3 rings (SSSR count). The maximum absolute atomic E-state index is 12.9. The minimum absolute atomic E-state index is 0.0128. The Kier molecular flexibility index (Phi) is 5.37. The van der Waals surface area contributed by atoms with E-state index >= 15 is 0 Å². The predicted octanol–water partition coefficient (Wildman–Crippen LogP) is 1.90. The molecule has 5 nitrogen and oxygen atoms in total. The zero-order valence-corrected chi connectivity index (χ0v) is 14.6. The second kappa shape index (κ2) is 7.52. The number of benzene rings is 1. The summed E-state index contributed by atoms with van der Waals surface area (Å²) in [6, 6.07) is 6.19. The van der Waals surface area contributed by atoms with Crippen molar-refractivity contribution in [1.82, 2.24) is 10.2 Å². The highest BCUT2D eigenvalue weighted by Crippen LogP contribution is 2.41. The van der Waals surface area contributed by atoms with E-state index in [4.69, 9.17) is 4.74 Å². The number of nitrogens with zero attached hydrogens (tertiary/aromatic N) is 1. The zero-order valence-electron chi connectivity index (χ0n) is 14.6. The number of amides is 2. The molecular formula is C19H25FN2O3. The van der Waals surface area contributed by atoms with Crippen LogP contribution in [0.5, 0.6) is 0 Å². The van der Waals surface area contributed by atoms with Crippen LogP contribution in [0.1, 0.15) is 31.2 Å². The fourth-order valence-electron chi connectivity index (χ4n) is 3.66. The van der Waals surface area contributed by atoms with Gasteiger partial charge in [-0.15, -0.1) is 0 Å². The Balaban J connectivity index is 1.50. The number of methoxy groups -OCH3 is 1. The lowest BCUT2D eigenvalue weighted by atomic mass is 9.68. The Morgan fingerprint density at radius 1 is 1.36 bits per heavy atom. The quantitative estimate of drug-likeness (QED) is 0.819. The number of halogens is 1. The van der Waals surface area contributed by atoms with Gasteiger partial charge in [-0.05, 0) is 37.0 Å². The SMILES string of the molecule is COCC1(C(=O)N[C@@H]2CC(=O)N(CCc3ccc(F)cc3)C2)CCC1. The first-order chi connectivity index (χ1) is 12.0. The first-order valence-electron chi connectivity index (χ1n) is 8.84. The molecule has 1 heterocycles. The van der Waals surface area contributed by atoms with Gasteiger partial charge in [-0.3, -0.25) is 9.59 Å². The summed E-state index contributed by atoms with van der Waals surface area (Å²) in [5.74, 6) is -0.189. The average molecular weight is 348 g/mol. The number of rotatable bonds is 7. The molecule has 0 aromatic heterocycles. The van der Waals surface area contributed by atoms with Crippen LogP contribution < -0.4 is 5.32 Å². The van der Waals surface area contributed by atoms with Gasteiger partial charge in [0.2, 0.25) is 11.8 Å². The second-order valence-corrected chi connectivity index (χ2v) is 7.16. The Morgan fingerprint density at radius 3 is 2.68 bits per heavy atom. The van der Waals surface area contributed by atoms with Crippen LogP contribution in [0.15, 0.2) is 24.3 Å². The van der Waals surface area contributed by atoms with Crippen molar-refractivity contribution >= 4 is 11.8 Å². The maximum atomic E-state index is 12.9. The monoisotopic (exact) mass is 348 g/mol. The molecule has 6 heteroatoms. The molecule has 0 unspecified atom stereocenters. The van der Waals surface area contributed by atoms with E-state index < -0.39 is 5.41 Å². The summed E-state index contributed by atoms with van der Waals surface area (Å²) in [6.45, 7) is 1.56. The molecule has 1 atom stereocenters. The third-order valence-corrected chi connectivity index (χ3v) is 5.35. The first-order valence-corrected chi connectivity index (χ1v) is 8.84. The Bertz CT molecular complexity index is 628. The average Bonchev–Trinajstić information content (AvgIpc) is 2.89. The number of carbonyl (C=O) groups is 2. The molecule has 1 saturated carbocycles. The van der Waals surface area contributed by atoms with Gasteiger partial charge in [0.1, 0.15) is 5.82 Å². The molecular weight excluding hydrogens is 323 g/mol. The smallest absolute Gasteiger partial charge is 0.228 e. The number of carbonyl (C=O) groups excluding carboxylic acids is 2. The van der Waals surface area contributed by atoms with E-state index in [-0.39, 0.29) is 23.7 Å². The molecule has 2 aliphatic rings. The number of hydrogen-bond acceptors (Lipinski definition) is 3.